The molecule has 1 aromatic heterocycles. The molecule has 0 radical (unpaired) electrons. The minimum atomic E-state index is -0.305. The second-order valence-electron chi connectivity index (χ2n) is 8.37. The topological polar surface area (TPSA) is 45.4 Å². The lowest BCUT2D eigenvalue weighted by Crippen LogP contribution is -2.29. The number of aromatic nitrogens is 2. The summed E-state index contributed by atoms with van der Waals surface area (Å²) in [6.45, 7) is 6.01. The molecule has 5 nitrogen and oxygen atoms in total. The summed E-state index contributed by atoms with van der Waals surface area (Å²) in [6.07, 6.45) is 0. The third-order valence-corrected chi connectivity index (χ3v) is 6.37. The lowest BCUT2D eigenvalue weighted by molar-refractivity contribution is 0.213. The van der Waals surface area contributed by atoms with Gasteiger partial charge in [-0.2, -0.15) is 0 Å². The summed E-state index contributed by atoms with van der Waals surface area (Å²) in [5.41, 5.74) is 3.42. The molecule has 0 amide bonds. The molecule has 0 N–H and O–H groups in total. The van der Waals surface area contributed by atoms with Crippen LogP contribution in [0.4, 0.5) is 4.39 Å². The molecule has 0 bridgehead atoms. The van der Waals surface area contributed by atoms with Gasteiger partial charge in [0.25, 0.3) is 0 Å². The number of nitrogens with zero attached hydrogens (tertiary/aromatic N) is 4. The highest BCUT2D eigenvalue weighted by Crippen LogP contribution is 2.45. The van der Waals surface area contributed by atoms with Crippen LogP contribution < -0.4 is 0 Å². The van der Waals surface area contributed by atoms with Crippen molar-refractivity contribution in [3.8, 4) is 11.5 Å². The normalized spacial score (nSPS) is 24.9. The zero-order chi connectivity index (χ0) is 20.0. The fourth-order valence-corrected chi connectivity index (χ4v) is 5.11. The van der Waals surface area contributed by atoms with E-state index in [0.717, 1.165) is 19.6 Å². The van der Waals surface area contributed by atoms with Gasteiger partial charge in [0, 0.05) is 31.2 Å². The summed E-state index contributed by atoms with van der Waals surface area (Å²) in [5, 5.41) is 8.30. The second-order valence-corrected chi connectivity index (χ2v) is 8.37. The molecule has 3 heterocycles. The van der Waals surface area contributed by atoms with Gasteiger partial charge in [0.1, 0.15) is 5.82 Å². The minimum Gasteiger partial charge on any atom is -0.419 e. The van der Waals surface area contributed by atoms with E-state index in [2.05, 4.69) is 58.2 Å². The van der Waals surface area contributed by atoms with Gasteiger partial charge in [0.15, 0.2) is 0 Å². The van der Waals surface area contributed by atoms with Gasteiger partial charge in [0.05, 0.1) is 6.54 Å². The molecular weight excluding hydrogens is 367 g/mol. The van der Waals surface area contributed by atoms with Crippen LogP contribution in [0.5, 0.6) is 0 Å². The second kappa shape index (κ2) is 7.35. The first kappa shape index (κ1) is 18.5. The third kappa shape index (κ3) is 3.47. The Hall–Kier alpha value is -2.57. The summed E-state index contributed by atoms with van der Waals surface area (Å²) in [4.78, 5) is 4.92. The van der Waals surface area contributed by atoms with Gasteiger partial charge in [-0.25, -0.2) is 4.39 Å². The highest BCUT2D eigenvalue weighted by atomic mass is 19.1. The Balaban J connectivity index is 1.30. The van der Waals surface area contributed by atoms with E-state index in [9.17, 15) is 4.39 Å². The van der Waals surface area contributed by atoms with Crippen LogP contribution in [0.25, 0.3) is 11.5 Å². The van der Waals surface area contributed by atoms with Gasteiger partial charge in [-0.3, -0.25) is 9.80 Å². The molecule has 29 heavy (non-hydrogen) atoms. The van der Waals surface area contributed by atoms with E-state index in [-0.39, 0.29) is 5.82 Å². The van der Waals surface area contributed by atoms with Crippen molar-refractivity contribution in [2.24, 2.45) is 11.8 Å². The summed E-state index contributed by atoms with van der Waals surface area (Å²) >= 11 is 0. The average molecular weight is 392 g/mol. The fraction of sp³-hybridized carbons (Fsp3) is 0.391. The van der Waals surface area contributed by atoms with Crippen molar-refractivity contribution in [1.29, 1.82) is 0 Å². The van der Waals surface area contributed by atoms with Gasteiger partial charge < -0.3 is 4.42 Å². The van der Waals surface area contributed by atoms with E-state index < -0.39 is 0 Å². The maximum atomic E-state index is 13.5. The van der Waals surface area contributed by atoms with Gasteiger partial charge in [-0.05, 0) is 55.1 Å². The predicted octanol–water partition coefficient (Wildman–Crippen LogP) is 3.92. The quantitative estimate of drug-likeness (QED) is 0.673. The molecule has 3 aromatic rings. The number of likely N-dealkylation sites (tertiary alicyclic amines) is 2. The summed E-state index contributed by atoms with van der Waals surface area (Å²) in [7, 11) is 2.24. The Morgan fingerprint density at radius 1 is 1.07 bits per heavy atom. The van der Waals surface area contributed by atoms with Crippen LogP contribution in [0.2, 0.25) is 0 Å². The SMILES string of the molecule is Cc1ccccc1[C@@H]1[C@@H]2CN(Cc3nnc(-c4cccc(F)c4)o3)C[C@@H]2CN1C. The molecule has 2 aliphatic rings. The lowest BCUT2D eigenvalue weighted by atomic mass is 9.88. The Kier molecular flexibility index (Phi) is 4.68. The lowest BCUT2D eigenvalue weighted by Gasteiger charge is -2.27. The fourth-order valence-electron chi connectivity index (χ4n) is 5.11. The maximum Gasteiger partial charge on any atom is 0.247 e. The molecular formula is C23H25FN4O. The molecule has 0 unspecified atom stereocenters. The zero-order valence-corrected chi connectivity index (χ0v) is 16.8. The number of hydrogen-bond acceptors (Lipinski definition) is 5. The van der Waals surface area contributed by atoms with Crippen molar-refractivity contribution in [3.63, 3.8) is 0 Å². The molecule has 0 saturated carbocycles. The largest absolute Gasteiger partial charge is 0.419 e. The first-order valence-corrected chi connectivity index (χ1v) is 10.1. The smallest absolute Gasteiger partial charge is 0.247 e. The van der Waals surface area contributed by atoms with Crippen molar-refractivity contribution in [2.75, 3.05) is 26.7 Å². The van der Waals surface area contributed by atoms with Crippen LogP contribution in [-0.4, -0.2) is 46.7 Å². The average Bonchev–Trinajstić information content (AvgIpc) is 3.38. The zero-order valence-electron chi connectivity index (χ0n) is 16.8. The van der Waals surface area contributed by atoms with Crippen LogP contribution in [0.3, 0.4) is 0 Å². The Morgan fingerprint density at radius 3 is 2.76 bits per heavy atom. The van der Waals surface area contributed by atoms with Crippen LogP contribution >= 0.6 is 0 Å². The van der Waals surface area contributed by atoms with E-state index in [0.29, 0.717) is 41.8 Å². The summed E-state index contributed by atoms with van der Waals surface area (Å²) in [5.74, 6) is 1.91. The molecule has 0 spiro atoms. The molecule has 2 saturated heterocycles. The van der Waals surface area contributed by atoms with Crippen LogP contribution in [0, 0.1) is 24.6 Å². The molecule has 6 heteroatoms. The van der Waals surface area contributed by atoms with E-state index in [1.807, 2.05) is 0 Å². The van der Waals surface area contributed by atoms with Crippen LogP contribution in [-0.2, 0) is 6.54 Å². The van der Waals surface area contributed by atoms with E-state index in [1.54, 1.807) is 12.1 Å². The third-order valence-electron chi connectivity index (χ3n) is 6.37. The minimum absolute atomic E-state index is 0.305. The molecule has 150 valence electrons. The van der Waals surface area contributed by atoms with Crippen molar-refractivity contribution in [1.82, 2.24) is 20.0 Å². The Bertz CT molecular complexity index is 1020. The van der Waals surface area contributed by atoms with Gasteiger partial charge >= 0.3 is 0 Å². The van der Waals surface area contributed by atoms with Crippen molar-refractivity contribution >= 4 is 0 Å². The van der Waals surface area contributed by atoms with E-state index >= 15 is 0 Å². The van der Waals surface area contributed by atoms with Gasteiger partial charge in [-0.1, -0.05) is 30.3 Å². The predicted molar refractivity (Wildman–Crippen MR) is 108 cm³/mol. The van der Waals surface area contributed by atoms with Gasteiger partial charge in [-0.15, -0.1) is 10.2 Å². The maximum absolute atomic E-state index is 13.5. The van der Waals surface area contributed by atoms with Crippen LogP contribution in [0.1, 0.15) is 23.1 Å². The van der Waals surface area contributed by atoms with Crippen LogP contribution in [0.15, 0.2) is 52.9 Å². The number of benzene rings is 2. The highest BCUT2D eigenvalue weighted by Gasteiger charge is 2.46. The molecule has 2 fully saturated rings. The van der Waals surface area contributed by atoms with Gasteiger partial charge in [0.2, 0.25) is 11.8 Å². The molecule has 3 atom stereocenters. The Labute approximate surface area is 170 Å². The summed E-state index contributed by atoms with van der Waals surface area (Å²) in [6, 6.07) is 15.4. The first-order valence-electron chi connectivity index (χ1n) is 10.1. The monoisotopic (exact) mass is 392 g/mol. The Morgan fingerprint density at radius 2 is 1.93 bits per heavy atom. The molecule has 0 aliphatic carbocycles. The molecule has 2 aliphatic heterocycles. The van der Waals surface area contributed by atoms with E-state index in [4.69, 9.17) is 4.42 Å². The summed E-state index contributed by atoms with van der Waals surface area (Å²) < 4.78 is 19.3. The number of hydrogen-bond donors (Lipinski definition) is 0. The first-order chi connectivity index (χ1) is 14.1. The number of aryl methyl sites for hydroxylation is 1. The molecule has 2 aromatic carbocycles. The number of halogens is 1. The van der Waals surface area contributed by atoms with E-state index in [1.165, 1.54) is 23.3 Å². The molecule has 5 rings (SSSR count). The highest BCUT2D eigenvalue weighted by molar-refractivity contribution is 5.52. The number of rotatable bonds is 4. The standard InChI is InChI=1S/C23H25FN4O/c1-15-6-3-4-9-19(15)22-20-13-28(12-17(20)11-27(22)2)14-21-25-26-23(29-21)16-7-5-8-18(24)10-16/h3-10,17,20,22H,11-14H2,1-2H3/t17-,20+,22+/m0/s1. The van der Waals surface area contributed by atoms with Crippen molar-refractivity contribution < 1.29 is 8.81 Å². The van der Waals surface area contributed by atoms with Crippen molar-refractivity contribution in [2.45, 2.75) is 19.5 Å². The number of fused-ring (bicyclic) bond motifs is 1. The van der Waals surface area contributed by atoms with Crippen molar-refractivity contribution in [3.05, 3.63) is 71.4 Å².